The molecular weight excluding hydrogens is 224 g/mol. The largest absolute Gasteiger partial charge is 0.386 e. The minimum atomic E-state index is -2.87. The van der Waals surface area contributed by atoms with Gasteiger partial charge in [-0.1, -0.05) is 0 Å². The maximum Gasteiger partial charge on any atom is 0.321 e. The van der Waals surface area contributed by atoms with Crippen molar-refractivity contribution in [1.29, 1.82) is 0 Å². The fourth-order valence-electron chi connectivity index (χ4n) is 0.762. The van der Waals surface area contributed by atoms with Gasteiger partial charge in [0.05, 0.1) is 6.04 Å². The Bertz CT molecular complexity index is 251. The third-order valence-corrected chi connectivity index (χ3v) is 1.78. The summed E-state index contributed by atoms with van der Waals surface area (Å²) in [5, 5.41) is 15.3. The van der Waals surface area contributed by atoms with Crippen molar-refractivity contribution in [3.05, 3.63) is 0 Å². The van der Waals surface area contributed by atoms with E-state index in [1.54, 1.807) is 0 Å². The molecule has 4 N–H and O–H groups in total. The molecule has 0 aliphatic carbocycles. The average Bonchev–Trinajstić information content (AvgIpc) is 2.24. The summed E-state index contributed by atoms with van der Waals surface area (Å²) in [5.74, 6) is -0.666. The van der Waals surface area contributed by atoms with Crippen molar-refractivity contribution in [2.24, 2.45) is 0 Å². The Balaban J connectivity index is 3.92. The summed E-state index contributed by atoms with van der Waals surface area (Å²) in [6, 6.07) is -1.54. The van der Waals surface area contributed by atoms with E-state index in [1.165, 1.54) is 14.0 Å². The number of aliphatic hydroxyl groups excluding tert-OH is 1. The van der Waals surface area contributed by atoms with Crippen LogP contribution in [-0.4, -0.2) is 49.2 Å². The Morgan fingerprint density at radius 1 is 1.38 bits per heavy atom. The van der Waals surface area contributed by atoms with Gasteiger partial charge in [0.2, 0.25) is 5.91 Å². The number of imide groups is 1. The highest BCUT2D eigenvalue weighted by Crippen LogP contribution is 1.98. The molecule has 8 heteroatoms. The SMILES string of the molecule is CNC(=O)NC(=O)C(C)NCC(O)C(F)F. The van der Waals surface area contributed by atoms with E-state index in [9.17, 15) is 18.4 Å². The van der Waals surface area contributed by atoms with Gasteiger partial charge >= 0.3 is 6.03 Å². The predicted octanol–water partition coefficient (Wildman–Crippen LogP) is -0.954. The fraction of sp³-hybridized carbons (Fsp3) is 0.750. The van der Waals surface area contributed by atoms with Crippen LogP contribution in [0.3, 0.4) is 0 Å². The second-order valence-corrected chi connectivity index (χ2v) is 3.10. The Morgan fingerprint density at radius 2 is 1.94 bits per heavy atom. The van der Waals surface area contributed by atoms with Crippen molar-refractivity contribution in [1.82, 2.24) is 16.0 Å². The van der Waals surface area contributed by atoms with E-state index in [1.807, 2.05) is 5.32 Å². The molecule has 0 spiro atoms. The molecule has 16 heavy (non-hydrogen) atoms. The summed E-state index contributed by atoms with van der Waals surface area (Å²) in [5.41, 5.74) is 0. The van der Waals surface area contributed by atoms with Crippen molar-refractivity contribution >= 4 is 11.9 Å². The molecule has 94 valence electrons. The average molecular weight is 239 g/mol. The first-order valence-corrected chi connectivity index (χ1v) is 4.60. The smallest absolute Gasteiger partial charge is 0.321 e. The highest BCUT2D eigenvalue weighted by molar-refractivity contribution is 5.96. The standard InChI is InChI=1S/C8H15F2N3O3/c1-4(7(15)13-8(16)11-2)12-3-5(14)6(9)10/h4-6,12,14H,3H2,1-2H3,(H2,11,13,15,16). The molecule has 0 saturated heterocycles. The Labute approximate surface area is 91.4 Å². The molecular formula is C8H15F2N3O3. The number of hydrogen-bond acceptors (Lipinski definition) is 4. The summed E-state index contributed by atoms with van der Waals surface area (Å²) in [6.45, 7) is 0.955. The second kappa shape index (κ2) is 7.07. The normalized spacial score (nSPS) is 14.4. The maximum absolute atomic E-state index is 11.9. The van der Waals surface area contributed by atoms with Gasteiger partial charge in [0.25, 0.3) is 6.43 Å². The van der Waals surface area contributed by atoms with Crippen LogP contribution in [0.25, 0.3) is 0 Å². The van der Waals surface area contributed by atoms with Gasteiger partial charge in [0, 0.05) is 13.6 Å². The maximum atomic E-state index is 11.9. The Kier molecular flexibility index (Phi) is 6.50. The monoisotopic (exact) mass is 239 g/mol. The minimum absolute atomic E-state index is 0.431. The molecule has 0 saturated carbocycles. The van der Waals surface area contributed by atoms with Gasteiger partial charge < -0.3 is 15.7 Å². The highest BCUT2D eigenvalue weighted by atomic mass is 19.3. The predicted molar refractivity (Wildman–Crippen MR) is 52.1 cm³/mol. The lowest BCUT2D eigenvalue weighted by Crippen LogP contribution is -2.49. The summed E-state index contributed by atoms with van der Waals surface area (Å²) in [4.78, 5) is 21.9. The third kappa shape index (κ3) is 5.56. The van der Waals surface area contributed by atoms with E-state index in [4.69, 9.17) is 5.11 Å². The molecule has 2 atom stereocenters. The lowest BCUT2D eigenvalue weighted by Gasteiger charge is -2.15. The fourth-order valence-corrected chi connectivity index (χ4v) is 0.762. The first-order valence-electron chi connectivity index (χ1n) is 4.60. The first-order chi connectivity index (χ1) is 7.38. The number of rotatable bonds is 5. The van der Waals surface area contributed by atoms with Crippen LogP contribution in [-0.2, 0) is 4.79 Å². The molecule has 2 unspecified atom stereocenters. The number of alkyl halides is 2. The summed E-state index contributed by atoms with van der Waals surface area (Å²) < 4.78 is 23.8. The second-order valence-electron chi connectivity index (χ2n) is 3.10. The Morgan fingerprint density at radius 3 is 2.38 bits per heavy atom. The lowest BCUT2D eigenvalue weighted by atomic mass is 10.3. The summed E-state index contributed by atoms with van der Waals surface area (Å²) in [7, 11) is 1.33. The first kappa shape index (κ1) is 14.7. The topological polar surface area (TPSA) is 90.5 Å². The van der Waals surface area contributed by atoms with Crippen molar-refractivity contribution in [3.63, 3.8) is 0 Å². The van der Waals surface area contributed by atoms with Crippen LogP contribution in [0.5, 0.6) is 0 Å². The number of hydrogen-bond donors (Lipinski definition) is 4. The zero-order chi connectivity index (χ0) is 12.7. The quantitative estimate of drug-likeness (QED) is 0.497. The van der Waals surface area contributed by atoms with Crippen LogP contribution in [0, 0.1) is 0 Å². The van der Waals surface area contributed by atoms with Gasteiger partial charge in [0.1, 0.15) is 6.10 Å². The van der Waals surface area contributed by atoms with Crippen LogP contribution >= 0.6 is 0 Å². The molecule has 0 aromatic heterocycles. The zero-order valence-corrected chi connectivity index (χ0v) is 8.96. The molecule has 0 aromatic carbocycles. The molecule has 0 aliphatic heterocycles. The third-order valence-electron chi connectivity index (χ3n) is 1.78. The van der Waals surface area contributed by atoms with Crippen LogP contribution in [0.1, 0.15) is 6.92 Å². The Hall–Kier alpha value is -1.28. The minimum Gasteiger partial charge on any atom is -0.386 e. The number of amides is 3. The van der Waals surface area contributed by atoms with Crippen LogP contribution < -0.4 is 16.0 Å². The summed E-state index contributed by atoms with van der Waals surface area (Å²) >= 11 is 0. The zero-order valence-electron chi connectivity index (χ0n) is 8.96. The number of nitrogens with one attached hydrogen (secondary N) is 3. The van der Waals surface area contributed by atoms with Gasteiger partial charge in [-0.15, -0.1) is 0 Å². The number of urea groups is 1. The summed E-state index contributed by atoms with van der Waals surface area (Å²) in [6.07, 6.45) is -4.71. The van der Waals surface area contributed by atoms with Gasteiger partial charge in [-0.05, 0) is 6.92 Å². The molecule has 0 fully saturated rings. The van der Waals surface area contributed by atoms with E-state index in [2.05, 4.69) is 10.6 Å². The van der Waals surface area contributed by atoms with Crippen molar-refractivity contribution in [2.45, 2.75) is 25.5 Å². The molecule has 0 radical (unpaired) electrons. The number of aliphatic hydroxyl groups is 1. The lowest BCUT2D eigenvalue weighted by molar-refractivity contribution is -0.121. The van der Waals surface area contributed by atoms with Gasteiger partial charge in [-0.2, -0.15) is 0 Å². The molecule has 3 amide bonds. The van der Waals surface area contributed by atoms with Crippen molar-refractivity contribution in [2.75, 3.05) is 13.6 Å². The number of carbonyl (C=O) groups is 2. The molecule has 0 bridgehead atoms. The van der Waals surface area contributed by atoms with E-state index in [0.29, 0.717) is 0 Å². The van der Waals surface area contributed by atoms with Crippen LogP contribution in [0.15, 0.2) is 0 Å². The van der Waals surface area contributed by atoms with E-state index < -0.39 is 37.1 Å². The van der Waals surface area contributed by atoms with Crippen LogP contribution in [0.4, 0.5) is 13.6 Å². The van der Waals surface area contributed by atoms with E-state index >= 15 is 0 Å². The van der Waals surface area contributed by atoms with Gasteiger partial charge in [-0.25, -0.2) is 13.6 Å². The van der Waals surface area contributed by atoms with Gasteiger partial charge in [-0.3, -0.25) is 10.1 Å². The van der Waals surface area contributed by atoms with E-state index in [-0.39, 0.29) is 0 Å². The molecule has 0 aliphatic rings. The number of halogens is 2. The van der Waals surface area contributed by atoms with Crippen molar-refractivity contribution in [3.8, 4) is 0 Å². The highest BCUT2D eigenvalue weighted by Gasteiger charge is 2.20. The molecule has 0 rings (SSSR count). The number of carbonyl (C=O) groups excluding carboxylic acids is 2. The molecule has 0 aromatic rings. The van der Waals surface area contributed by atoms with E-state index in [0.717, 1.165) is 0 Å². The van der Waals surface area contributed by atoms with Crippen LogP contribution in [0.2, 0.25) is 0 Å². The van der Waals surface area contributed by atoms with Crippen molar-refractivity contribution < 1.29 is 23.5 Å². The van der Waals surface area contributed by atoms with Gasteiger partial charge in [0.15, 0.2) is 0 Å². The molecule has 6 nitrogen and oxygen atoms in total. The molecule has 0 heterocycles.